The van der Waals surface area contributed by atoms with Crippen molar-refractivity contribution in [1.29, 1.82) is 0 Å². The first kappa shape index (κ1) is 13.9. The van der Waals surface area contributed by atoms with E-state index in [1.165, 1.54) is 7.11 Å². The minimum Gasteiger partial charge on any atom is -0.438 e. The van der Waals surface area contributed by atoms with Crippen LogP contribution in [0.2, 0.25) is 0 Å². The number of hydrogen-bond acceptors (Lipinski definition) is 6. The molecule has 0 fully saturated rings. The zero-order chi connectivity index (χ0) is 10.6. The molecule has 0 spiro atoms. The van der Waals surface area contributed by atoms with Crippen LogP contribution in [0.15, 0.2) is 0 Å². The second-order valence-electron chi connectivity index (χ2n) is 2.30. The Bertz CT molecular complexity index is 147. The largest absolute Gasteiger partial charge is 0.508 e. The molecule has 0 radical (unpaired) electrons. The maximum absolute atomic E-state index is 10.5. The molecular formula is C8H17NO3S2. The van der Waals surface area contributed by atoms with E-state index >= 15 is 0 Å². The van der Waals surface area contributed by atoms with Gasteiger partial charge in [-0.15, -0.1) is 0 Å². The zero-order valence-electron chi connectivity index (χ0n) is 8.58. The summed E-state index contributed by atoms with van der Waals surface area (Å²) in [4.78, 5) is 10.5. The average molecular weight is 239 g/mol. The van der Waals surface area contributed by atoms with E-state index < -0.39 is 6.16 Å². The summed E-state index contributed by atoms with van der Waals surface area (Å²) in [6, 6.07) is 0. The molecule has 0 saturated carbocycles. The number of hydrogen-bond donors (Lipinski definition) is 1. The lowest BCUT2D eigenvalue weighted by molar-refractivity contribution is 0.0779. The van der Waals surface area contributed by atoms with Gasteiger partial charge in [0.2, 0.25) is 0 Å². The highest BCUT2D eigenvalue weighted by atomic mass is 33.1. The maximum Gasteiger partial charge on any atom is 0.508 e. The number of rotatable bonds is 8. The van der Waals surface area contributed by atoms with Gasteiger partial charge in [0.25, 0.3) is 0 Å². The van der Waals surface area contributed by atoms with Crippen LogP contribution < -0.4 is 5.32 Å². The normalized spacial score (nSPS) is 9.86. The smallest absolute Gasteiger partial charge is 0.438 e. The summed E-state index contributed by atoms with van der Waals surface area (Å²) in [5.41, 5.74) is 0. The van der Waals surface area contributed by atoms with Gasteiger partial charge in [0.15, 0.2) is 0 Å². The predicted octanol–water partition coefficient (Wildman–Crippen LogP) is 1.76. The molecule has 0 aliphatic rings. The van der Waals surface area contributed by atoms with Crippen LogP contribution in [0.5, 0.6) is 0 Å². The monoisotopic (exact) mass is 239 g/mol. The van der Waals surface area contributed by atoms with Gasteiger partial charge in [0, 0.05) is 18.1 Å². The van der Waals surface area contributed by atoms with Crippen molar-refractivity contribution >= 4 is 27.7 Å². The molecule has 14 heavy (non-hydrogen) atoms. The van der Waals surface area contributed by atoms with Crippen LogP contribution in [0.1, 0.15) is 6.92 Å². The Labute approximate surface area is 92.9 Å². The molecule has 0 heterocycles. The third-order valence-electron chi connectivity index (χ3n) is 1.25. The standard InChI is InChI=1S/C8H17NO3S2/c1-3-9-4-6-13-14-7-5-12-8(10)11-2/h9H,3-7H2,1-2H3. The first-order valence-electron chi connectivity index (χ1n) is 4.47. The fourth-order valence-electron chi connectivity index (χ4n) is 0.626. The molecule has 0 aromatic carbocycles. The summed E-state index contributed by atoms with van der Waals surface area (Å²) in [6.07, 6.45) is -0.608. The Morgan fingerprint density at radius 1 is 1.36 bits per heavy atom. The van der Waals surface area contributed by atoms with Crippen molar-refractivity contribution < 1.29 is 14.3 Å². The summed E-state index contributed by atoms with van der Waals surface area (Å²) >= 11 is 0. The Morgan fingerprint density at radius 3 is 2.71 bits per heavy atom. The lowest BCUT2D eigenvalue weighted by Gasteiger charge is -2.03. The molecule has 0 amide bonds. The van der Waals surface area contributed by atoms with Crippen LogP contribution in [0.25, 0.3) is 0 Å². The number of ether oxygens (including phenoxy) is 2. The van der Waals surface area contributed by atoms with Gasteiger partial charge in [-0.3, -0.25) is 0 Å². The predicted molar refractivity (Wildman–Crippen MR) is 61.8 cm³/mol. The number of methoxy groups -OCH3 is 1. The number of carbonyl (C=O) groups excluding carboxylic acids is 1. The molecular weight excluding hydrogens is 222 g/mol. The minimum absolute atomic E-state index is 0.408. The van der Waals surface area contributed by atoms with Crippen LogP contribution in [0.3, 0.4) is 0 Å². The molecule has 0 aliphatic carbocycles. The third kappa shape index (κ3) is 10.0. The maximum atomic E-state index is 10.5. The van der Waals surface area contributed by atoms with Gasteiger partial charge in [-0.2, -0.15) is 0 Å². The molecule has 0 aliphatic heterocycles. The topological polar surface area (TPSA) is 47.6 Å². The molecule has 4 nitrogen and oxygen atoms in total. The highest BCUT2D eigenvalue weighted by Gasteiger charge is 1.98. The molecule has 0 saturated heterocycles. The lowest BCUT2D eigenvalue weighted by Crippen LogP contribution is -2.15. The minimum atomic E-state index is -0.608. The van der Waals surface area contributed by atoms with Crippen molar-refractivity contribution in [2.24, 2.45) is 0 Å². The fraction of sp³-hybridized carbons (Fsp3) is 0.875. The van der Waals surface area contributed by atoms with Crippen molar-refractivity contribution in [2.75, 3.05) is 38.3 Å². The highest BCUT2D eigenvalue weighted by molar-refractivity contribution is 8.76. The van der Waals surface area contributed by atoms with E-state index in [4.69, 9.17) is 4.74 Å². The van der Waals surface area contributed by atoms with Crippen LogP contribution >= 0.6 is 21.6 Å². The molecule has 6 heteroatoms. The van der Waals surface area contributed by atoms with Gasteiger partial charge in [-0.1, -0.05) is 28.5 Å². The van der Waals surface area contributed by atoms with E-state index in [0.717, 1.165) is 24.6 Å². The summed E-state index contributed by atoms with van der Waals surface area (Å²) in [5.74, 6) is 1.86. The molecule has 1 N–H and O–H groups in total. The second kappa shape index (κ2) is 11.0. The highest BCUT2D eigenvalue weighted by Crippen LogP contribution is 2.19. The van der Waals surface area contributed by atoms with E-state index in [0.29, 0.717) is 6.61 Å². The van der Waals surface area contributed by atoms with Gasteiger partial charge in [-0.05, 0) is 6.54 Å². The molecule has 0 unspecified atom stereocenters. The molecule has 0 aromatic heterocycles. The SMILES string of the molecule is CCNCCSSCCOC(=O)OC. The van der Waals surface area contributed by atoms with E-state index in [-0.39, 0.29) is 0 Å². The van der Waals surface area contributed by atoms with Gasteiger partial charge in [0.05, 0.1) is 7.11 Å². The number of nitrogens with one attached hydrogen (secondary N) is 1. The van der Waals surface area contributed by atoms with Crippen LogP contribution in [0, 0.1) is 0 Å². The molecule has 0 aromatic rings. The molecule has 84 valence electrons. The van der Waals surface area contributed by atoms with E-state index in [1.54, 1.807) is 21.6 Å². The first-order valence-corrected chi connectivity index (χ1v) is 6.96. The van der Waals surface area contributed by atoms with E-state index in [9.17, 15) is 4.79 Å². The third-order valence-corrected chi connectivity index (χ3v) is 3.62. The first-order chi connectivity index (χ1) is 6.81. The molecule has 0 rings (SSSR count). The van der Waals surface area contributed by atoms with Crippen molar-refractivity contribution in [1.82, 2.24) is 5.32 Å². The lowest BCUT2D eigenvalue weighted by atomic mass is 10.7. The van der Waals surface area contributed by atoms with Gasteiger partial charge >= 0.3 is 6.16 Å². The number of carbonyl (C=O) groups is 1. The average Bonchev–Trinajstić information content (AvgIpc) is 2.21. The van der Waals surface area contributed by atoms with Gasteiger partial charge in [-0.25, -0.2) is 4.79 Å². The van der Waals surface area contributed by atoms with Crippen LogP contribution in [-0.4, -0.2) is 44.5 Å². The second-order valence-corrected chi connectivity index (χ2v) is 5.00. The Kier molecular flexibility index (Phi) is 11.0. The van der Waals surface area contributed by atoms with E-state index in [2.05, 4.69) is 17.0 Å². The summed E-state index contributed by atoms with van der Waals surface area (Å²) in [6.45, 7) is 4.52. The quantitative estimate of drug-likeness (QED) is 0.396. The molecule has 0 atom stereocenters. The van der Waals surface area contributed by atoms with Crippen LogP contribution in [0.4, 0.5) is 4.79 Å². The Morgan fingerprint density at radius 2 is 2.07 bits per heavy atom. The summed E-state index contributed by atoms with van der Waals surface area (Å²) in [5, 5.41) is 3.23. The van der Waals surface area contributed by atoms with Crippen molar-refractivity contribution in [2.45, 2.75) is 6.92 Å². The van der Waals surface area contributed by atoms with Crippen LogP contribution in [-0.2, 0) is 9.47 Å². The Hall–Kier alpha value is -0.0700. The molecule has 0 bridgehead atoms. The fourth-order valence-corrected chi connectivity index (χ4v) is 2.40. The summed E-state index contributed by atoms with van der Waals surface area (Å²) in [7, 11) is 4.78. The van der Waals surface area contributed by atoms with E-state index in [1.807, 2.05) is 0 Å². The summed E-state index contributed by atoms with van der Waals surface area (Å²) < 4.78 is 9.03. The van der Waals surface area contributed by atoms with Crippen molar-refractivity contribution in [3.05, 3.63) is 0 Å². The van der Waals surface area contributed by atoms with Crippen molar-refractivity contribution in [3.63, 3.8) is 0 Å². The van der Waals surface area contributed by atoms with Gasteiger partial charge in [0.1, 0.15) is 6.61 Å². The van der Waals surface area contributed by atoms with Gasteiger partial charge < -0.3 is 14.8 Å². The van der Waals surface area contributed by atoms with Crippen molar-refractivity contribution in [3.8, 4) is 0 Å². The zero-order valence-corrected chi connectivity index (χ0v) is 10.2. The Balaban J connectivity index is 2.95.